The van der Waals surface area contributed by atoms with Crippen molar-refractivity contribution in [2.75, 3.05) is 0 Å². The van der Waals surface area contributed by atoms with Crippen LogP contribution in [0.4, 0.5) is 0 Å². The topological polar surface area (TPSA) is 0 Å². The van der Waals surface area contributed by atoms with E-state index in [-0.39, 0.29) is 0 Å². The second-order valence-corrected chi connectivity index (χ2v) is 3.39. The van der Waals surface area contributed by atoms with E-state index >= 15 is 0 Å². The van der Waals surface area contributed by atoms with Crippen LogP contribution in [-0.4, -0.2) is 0 Å². The fourth-order valence-corrected chi connectivity index (χ4v) is 1.39. The molecule has 0 aliphatic heterocycles. The Morgan fingerprint density at radius 3 is 2.54 bits per heavy atom. The van der Waals surface area contributed by atoms with Gasteiger partial charge in [0.25, 0.3) is 0 Å². The molecule has 1 rings (SSSR count). The van der Waals surface area contributed by atoms with Crippen LogP contribution in [0.3, 0.4) is 0 Å². The zero-order chi connectivity index (χ0) is 9.19. The Kier molecular flexibility index (Phi) is 6.22. The molecule has 0 saturated carbocycles. The van der Waals surface area contributed by atoms with Crippen LogP contribution in [0, 0.1) is 6.42 Å². The van der Waals surface area contributed by atoms with Gasteiger partial charge in [0, 0.05) is 0 Å². The first-order valence-electron chi connectivity index (χ1n) is 5.30. The van der Waals surface area contributed by atoms with Crippen LogP contribution < -0.4 is 0 Å². The highest BCUT2D eigenvalue weighted by molar-refractivity contribution is 5.08. The Hall–Kier alpha value is -0.780. The molecule has 0 aromatic carbocycles. The number of hydrogen-bond acceptors (Lipinski definition) is 0. The fourth-order valence-electron chi connectivity index (χ4n) is 1.39. The van der Waals surface area contributed by atoms with Crippen LogP contribution in [0.2, 0.25) is 0 Å². The first-order valence-corrected chi connectivity index (χ1v) is 5.30. The maximum absolute atomic E-state index is 2.30. The van der Waals surface area contributed by atoms with Crippen LogP contribution in [0.1, 0.15) is 38.5 Å². The third-order valence-corrected chi connectivity index (χ3v) is 2.17. The summed E-state index contributed by atoms with van der Waals surface area (Å²) in [6.07, 6.45) is 23.0. The Balaban J connectivity index is 2.29. The third-order valence-electron chi connectivity index (χ3n) is 2.17. The van der Waals surface area contributed by atoms with Crippen molar-refractivity contribution >= 4 is 0 Å². The molecule has 0 heteroatoms. The molecular formula is C13H19. The van der Waals surface area contributed by atoms with Crippen molar-refractivity contribution in [2.45, 2.75) is 38.5 Å². The van der Waals surface area contributed by atoms with Crippen molar-refractivity contribution in [3.63, 3.8) is 0 Å². The normalized spacial score (nSPS) is 27.7. The quantitative estimate of drug-likeness (QED) is 0.484. The summed E-state index contributed by atoms with van der Waals surface area (Å²) in [5.74, 6) is 0. The predicted molar refractivity (Wildman–Crippen MR) is 59.4 cm³/mol. The van der Waals surface area contributed by atoms with E-state index in [0.717, 1.165) is 6.42 Å². The summed E-state index contributed by atoms with van der Waals surface area (Å²) in [6, 6.07) is 0. The van der Waals surface area contributed by atoms with Gasteiger partial charge in [0.1, 0.15) is 0 Å². The highest BCUT2D eigenvalue weighted by Crippen LogP contribution is 2.06. The van der Waals surface area contributed by atoms with Gasteiger partial charge >= 0.3 is 0 Å². The number of rotatable bonds is 0. The lowest BCUT2D eigenvalue weighted by atomic mass is 10.1. The second kappa shape index (κ2) is 7.85. The van der Waals surface area contributed by atoms with E-state index in [2.05, 4.69) is 42.9 Å². The molecule has 0 spiro atoms. The van der Waals surface area contributed by atoms with Gasteiger partial charge in [-0.05, 0) is 32.1 Å². The summed E-state index contributed by atoms with van der Waals surface area (Å²) in [5, 5.41) is 0. The SMILES string of the molecule is [CH]1/C=C/C=C/C/C=C\CCCCC1. The molecule has 0 fully saturated rings. The minimum atomic E-state index is 1.07. The van der Waals surface area contributed by atoms with E-state index in [1.165, 1.54) is 32.1 Å². The second-order valence-electron chi connectivity index (χ2n) is 3.39. The molecular weight excluding hydrogens is 156 g/mol. The molecule has 0 aromatic rings. The molecule has 0 saturated heterocycles. The molecule has 1 aliphatic carbocycles. The largest absolute Gasteiger partial charge is 0.0882 e. The predicted octanol–water partition coefficient (Wildman–Crippen LogP) is 4.21. The van der Waals surface area contributed by atoms with E-state index in [1.807, 2.05) is 0 Å². The van der Waals surface area contributed by atoms with Gasteiger partial charge in [-0.3, -0.25) is 0 Å². The molecule has 0 bridgehead atoms. The van der Waals surface area contributed by atoms with Gasteiger partial charge in [-0.1, -0.05) is 49.3 Å². The van der Waals surface area contributed by atoms with Crippen LogP contribution in [-0.2, 0) is 0 Å². The van der Waals surface area contributed by atoms with Gasteiger partial charge in [-0.15, -0.1) is 0 Å². The Labute approximate surface area is 82.0 Å². The van der Waals surface area contributed by atoms with E-state index in [1.54, 1.807) is 0 Å². The zero-order valence-electron chi connectivity index (χ0n) is 8.28. The highest BCUT2D eigenvalue weighted by atomic mass is 13.9. The van der Waals surface area contributed by atoms with Crippen LogP contribution in [0.5, 0.6) is 0 Å². The standard InChI is InChI=1S/C13H19/c1-2-4-6-8-10-12-13-11-9-7-5-3-1/h1-5,8,10H,6-7,9,11-13H2/b3-1+,4-2+,10-8-. The summed E-state index contributed by atoms with van der Waals surface area (Å²) in [7, 11) is 0. The monoisotopic (exact) mass is 175 g/mol. The molecule has 0 nitrogen and oxygen atoms in total. The van der Waals surface area contributed by atoms with Crippen molar-refractivity contribution in [3.8, 4) is 0 Å². The van der Waals surface area contributed by atoms with Gasteiger partial charge in [0.15, 0.2) is 0 Å². The van der Waals surface area contributed by atoms with Crippen LogP contribution in [0.25, 0.3) is 0 Å². The summed E-state index contributed by atoms with van der Waals surface area (Å²) in [5.41, 5.74) is 0. The van der Waals surface area contributed by atoms with E-state index in [0.29, 0.717) is 0 Å². The van der Waals surface area contributed by atoms with Crippen molar-refractivity contribution in [1.29, 1.82) is 0 Å². The number of hydrogen-bond donors (Lipinski definition) is 0. The molecule has 0 heterocycles. The molecule has 0 amide bonds. The molecule has 1 radical (unpaired) electrons. The highest BCUT2D eigenvalue weighted by Gasteiger charge is 1.87. The average molecular weight is 175 g/mol. The molecule has 0 atom stereocenters. The van der Waals surface area contributed by atoms with Crippen LogP contribution in [0.15, 0.2) is 36.5 Å². The maximum atomic E-state index is 2.30. The first-order chi connectivity index (χ1) is 6.50. The molecule has 0 unspecified atom stereocenters. The summed E-state index contributed by atoms with van der Waals surface area (Å²) in [6.45, 7) is 0. The maximum Gasteiger partial charge on any atom is -0.0166 e. The average Bonchev–Trinajstić information content (AvgIpc) is 2.18. The lowest BCUT2D eigenvalue weighted by Crippen LogP contribution is -1.76. The molecule has 0 aromatic heterocycles. The Bertz CT molecular complexity index is 184. The minimum Gasteiger partial charge on any atom is -0.0882 e. The summed E-state index contributed by atoms with van der Waals surface area (Å²) < 4.78 is 0. The first kappa shape index (κ1) is 10.3. The smallest absolute Gasteiger partial charge is 0.0166 e. The van der Waals surface area contributed by atoms with Gasteiger partial charge in [-0.2, -0.15) is 0 Å². The van der Waals surface area contributed by atoms with Crippen LogP contribution >= 0.6 is 0 Å². The molecule has 0 N–H and O–H groups in total. The molecule has 13 heavy (non-hydrogen) atoms. The van der Waals surface area contributed by atoms with Crippen molar-refractivity contribution in [2.24, 2.45) is 0 Å². The summed E-state index contributed by atoms with van der Waals surface area (Å²) in [4.78, 5) is 0. The third kappa shape index (κ3) is 6.39. The Morgan fingerprint density at radius 2 is 1.54 bits per heavy atom. The fraction of sp³-hybridized carbons (Fsp3) is 0.462. The van der Waals surface area contributed by atoms with Gasteiger partial charge in [0.05, 0.1) is 0 Å². The van der Waals surface area contributed by atoms with Gasteiger partial charge in [-0.25, -0.2) is 0 Å². The molecule has 1 aliphatic rings. The van der Waals surface area contributed by atoms with Crippen molar-refractivity contribution in [3.05, 3.63) is 42.9 Å². The van der Waals surface area contributed by atoms with Crippen molar-refractivity contribution in [1.82, 2.24) is 0 Å². The van der Waals surface area contributed by atoms with Gasteiger partial charge in [0.2, 0.25) is 0 Å². The van der Waals surface area contributed by atoms with Gasteiger partial charge < -0.3 is 0 Å². The Morgan fingerprint density at radius 1 is 0.615 bits per heavy atom. The summed E-state index contributed by atoms with van der Waals surface area (Å²) >= 11 is 0. The van der Waals surface area contributed by atoms with E-state index in [4.69, 9.17) is 0 Å². The lowest BCUT2D eigenvalue weighted by Gasteiger charge is -1.95. The van der Waals surface area contributed by atoms with E-state index in [9.17, 15) is 0 Å². The molecule has 71 valence electrons. The van der Waals surface area contributed by atoms with Crippen molar-refractivity contribution < 1.29 is 0 Å². The lowest BCUT2D eigenvalue weighted by molar-refractivity contribution is 0.686. The zero-order valence-corrected chi connectivity index (χ0v) is 8.28. The number of allylic oxidation sites excluding steroid dienone is 6. The van der Waals surface area contributed by atoms with E-state index < -0.39 is 0 Å². The minimum absolute atomic E-state index is 1.07.